The van der Waals surface area contributed by atoms with Gasteiger partial charge in [0.1, 0.15) is 0 Å². The third-order valence-corrected chi connectivity index (χ3v) is 3.59. The van der Waals surface area contributed by atoms with Crippen molar-refractivity contribution in [1.29, 1.82) is 0 Å². The molecule has 1 fully saturated rings. The van der Waals surface area contributed by atoms with Crippen LogP contribution in [0.5, 0.6) is 0 Å². The second kappa shape index (κ2) is 4.00. The maximum absolute atomic E-state index is 2.55. The predicted molar refractivity (Wildman–Crippen MR) is 58.9 cm³/mol. The van der Waals surface area contributed by atoms with Gasteiger partial charge in [-0.25, -0.2) is 0 Å². The first-order chi connectivity index (χ1) is 5.91. The third kappa shape index (κ3) is 2.98. The van der Waals surface area contributed by atoms with E-state index in [1.165, 1.54) is 25.7 Å². The first kappa shape index (κ1) is 11.0. The highest BCUT2D eigenvalue weighted by atomic mass is 15.2. The largest absolute Gasteiger partial charge is 0.299 e. The predicted octanol–water partition coefficient (Wildman–Crippen LogP) is 3.30. The zero-order chi connectivity index (χ0) is 10.1. The Morgan fingerprint density at radius 3 is 1.85 bits per heavy atom. The lowest BCUT2D eigenvalue weighted by Gasteiger charge is -2.41. The number of nitrogens with zero attached hydrogens (tertiary/aromatic N) is 1. The van der Waals surface area contributed by atoms with Gasteiger partial charge < -0.3 is 0 Å². The van der Waals surface area contributed by atoms with E-state index >= 15 is 0 Å². The van der Waals surface area contributed by atoms with Crippen LogP contribution in [-0.4, -0.2) is 23.5 Å². The van der Waals surface area contributed by atoms with Gasteiger partial charge in [0.25, 0.3) is 0 Å². The van der Waals surface area contributed by atoms with Crippen LogP contribution < -0.4 is 0 Å². The number of rotatable bonds is 1. The van der Waals surface area contributed by atoms with E-state index in [1.807, 2.05) is 0 Å². The highest BCUT2D eigenvalue weighted by Gasteiger charge is 2.27. The molecule has 78 valence electrons. The molecule has 0 aromatic rings. The summed E-state index contributed by atoms with van der Waals surface area (Å²) in [7, 11) is 2.28. The SMILES string of the molecule is CC1CCC(N(C)C(C)(C)C)CC1. The summed E-state index contributed by atoms with van der Waals surface area (Å²) in [4.78, 5) is 2.55. The van der Waals surface area contributed by atoms with Crippen molar-refractivity contribution in [1.82, 2.24) is 4.90 Å². The molecule has 0 N–H and O–H groups in total. The summed E-state index contributed by atoms with van der Waals surface area (Å²) in [6.45, 7) is 9.31. The van der Waals surface area contributed by atoms with Crippen molar-refractivity contribution < 1.29 is 0 Å². The van der Waals surface area contributed by atoms with E-state index in [-0.39, 0.29) is 0 Å². The highest BCUT2D eigenvalue weighted by Crippen LogP contribution is 2.29. The van der Waals surface area contributed by atoms with E-state index in [0.29, 0.717) is 5.54 Å². The van der Waals surface area contributed by atoms with Crippen LogP contribution >= 0.6 is 0 Å². The zero-order valence-corrected chi connectivity index (χ0v) is 9.93. The summed E-state index contributed by atoms with van der Waals surface area (Å²) in [6, 6.07) is 0.830. The smallest absolute Gasteiger partial charge is 0.0124 e. The Balaban J connectivity index is 2.45. The third-order valence-electron chi connectivity index (χ3n) is 3.59. The fraction of sp³-hybridized carbons (Fsp3) is 1.00. The molecule has 0 unspecified atom stereocenters. The highest BCUT2D eigenvalue weighted by molar-refractivity contribution is 4.83. The zero-order valence-electron chi connectivity index (χ0n) is 9.93. The van der Waals surface area contributed by atoms with Crippen LogP contribution in [0.15, 0.2) is 0 Å². The van der Waals surface area contributed by atoms with Gasteiger partial charge in [-0.1, -0.05) is 6.92 Å². The normalized spacial score (nSPS) is 30.9. The van der Waals surface area contributed by atoms with Crippen molar-refractivity contribution in [2.75, 3.05) is 7.05 Å². The molecular formula is C12H25N. The standard InChI is InChI=1S/C12H25N/c1-10-6-8-11(9-7-10)13(5)12(2,3)4/h10-11H,6-9H2,1-5H3. The van der Waals surface area contributed by atoms with Crippen molar-refractivity contribution in [3.63, 3.8) is 0 Å². The van der Waals surface area contributed by atoms with Gasteiger partial charge in [0.15, 0.2) is 0 Å². The summed E-state index contributed by atoms with van der Waals surface area (Å²) in [5.41, 5.74) is 0.339. The van der Waals surface area contributed by atoms with Gasteiger partial charge in [-0.3, -0.25) is 4.90 Å². The fourth-order valence-electron chi connectivity index (χ4n) is 2.18. The molecular weight excluding hydrogens is 158 g/mol. The van der Waals surface area contributed by atoms with Crippen LogP contribution in [0.1, 0.15) is 53.4 Å². The monoisotopic (exact) mass is 183 g/mol. The van der Waals surface area contributed by atoms with Crippen molar-refractivity contribution in [2.45, 2.75) is 65.0 Å². The number of hydrogen-bond donors (Lipinski definition) is 0. The molecule has 1 nitrogen and oxygen atoms in total. The Kier molecular flexibility index (Phi) is 3.39. The Bertz CT molecular complexity index is 149. The number of hydrogen-bond acceptors (Lipinski definition) is 1. The maximum Gasteiger partial charge on any atom is 0.0124 e. The Labute approximate surface area is 83.5 Å². The molecule has 0 aliphatic heterocycles. The molecule has 0 bridgehead atoms. The Morgan fingerprint density at radius 2 is 1.46 bits per heavy atom. The van der Waals surface area contributed by atoms with Gasteiger partial charge in [-0.2, -0.15) is 0 Å². The van der Waals surface area contributed by atoms with Crippen LogP contribution in [0.25, 0.3) is 0 Å². The molecule has 0 spiro atoms. The lowest BCUT2D eigenvalue weighted by atomic mass is 9.85. The quantitative estimate of drug-likeness (QED) is 0.603. The summed E-state index contributed by atoms with van der Waals surface area (Å²) >= 11 is 0. The first-order valence-corrected chi connectivity index (χ1v) is 5.64. The molecule has 0 amide bonds. The van der Waals surface area contributed by atoms with Gasteiger partial charge in [0.2, 0.25) is 0 Å². The molecule has 0 heterocycles. The van der Waals surface area contributed by atoms with E-state index in [9.17, 15) is 0 Å². The Morgan fingerprint density at radius 1 is 1.00 bits per heavy atom. The van der Waals surface area contributed by atoms with E-state index in [2.05, 4.69) is 39.6 Å². The van der Waals surface area contributed by atoms with Crippen LogP contribution in [0.4, 0.5) is 0 Å². The molecule has 1 aliphatic carbocycles. The van der Waals surface area contributed by atoms with Crippen molar-refractivity contribution >= 4 is 0 Å². The van der Waals surface area contributed by atoms with Gasteiger partial charge in [-0.15, -0.1) is 0 Å². The summed E-state index contributed by atoms with van der Waals surface area (Å²) in [5.74, 6) is 0.963. The lowest BCUT2D eigenvalue weighted by Crippen LogP contribution is -2.46. The van der Waals surface area contributed by atoms with Gasteiger partial charge >= 0.3 is 0 Å². The van der Waals surface area contributed by atoms with Gasteiger partial charge in [-0.05, 0) is 59.4 Å². The molecule has 0 aromatic heterocycles. The topological polar surface area (TPSA) is 3.24 Å². The minimum Gasteiger partial charge on any atom is -0.299 e. The fourth-order valence-corrected chi connectivity index (χ4v) is 2.18. The van der Waals surface area contributed by atoms with Crippen LogP contribution in [-0.2, 0) is 0 Å². The average molecular weight is 183 g/mol. The average Bonchev–Trinajstić information content (AvgIpc) is 2.03. The molecule has 0 aromatic carbocycles. The van der Waals surface area contributed by atoms with E-state index in [0.717, 1.165) is 12.0 Å². The summed E-state index contributed by atoms with van der Waals surface area (Å²) in [6.07, 6.45) is 5.64. The molecule has 1 rings (SSSR count). The van der Waals surface area contributed by atoms with Gasteiger partial charge in [0, 0.05) is 11.6 Å². The molecule has 0 atom stereocenters. The van der Waals surface area contributed by atoms with Crippen molar-refractivity contribution in [3.8, 4) is 0 Å². The van der Waals surface area contributed by atoms with Crippen molar-refractivity contribution in [3.05, 3.63) is 0 Å². The minimum atomic E-state index is 0.339. The minimum absolute atomic E-state index is 0.339. The van der Waals surface area contributed by atoms with E-state index < -0.39 is 0 Å². The molecule has 1 heteroatoms. The lowest BCUT2D eigenvalue weighted by molar-refractivity contribution is 0.0815. The second-order valence-corrected chi connectivity index (χ2v) is 5.70. The van der Waals surface area contributed by atoms with Gasteiger partial charge in [0.05, 0.1) is 0 Å². The molecule has 13 heavy (non-hydrogen) atoms. The van der Waals surface area contributed by atoms with Crippen LogP contribution in [0.2, 0.25) is 0 Å². The summed E-state index contributed by atoms with van der Waals surface area (Å²) < 4.78 is 0. The molecule has 0 saturated heterocycles. The van der Waals surface area contributed by atoms with Crippen LogP contribution in [0.3, 0.4) is 0 Å². The summed E-state index contributed by atoms with van der Waals surface area (Å²) in [5, 5.41) is 0. The maximum atomic E-state index is 2.55. The van der Waals surface area contributed by atoms with E-state index in [1.54, 1.807) is 0 Å². The second-order valence-electron chi connectivity index (χ2n) is 5.70. The Hall–Kier alpha value is -0.0400. The molecule has 1 saturated carbocycles. The molecule has 1 aliphatic rings. The van der Waals surface area contributed by atoms with Crippen molar-refractivity contribution in [2.24, 2.45) is 5.92 Å². The van der Waals surface area contributed by atoms with Crippen LogP contribution in [0, 0.1) is 5.92 Å². The molecule has 0 radical (unpaired) electrons. The van der Waals surface area contributed by atoms with E-state index in [4.69, 9.17) is 0 Å². The first-order valence-electron chi connectivity index (χ1n) is 5.64.